The van der Waals surface area contributed by atoms with Gasteiger partial charge in [-0.3, -0.25) is 9.97 Å². The molecule has 3 heteroatoms. The topological polar surface area (TPSA) is 37.8 Å². The van der Waals surface area contributed by atoms with Crippen molar-refractivity contribution < 1.29 is 0 Å². The molecule has 1 aliphatic carbocycles. The molecule has 0 radical (unpaired) electrons. The summed E-state index contributed by atoms with van der Waals surface area (Å²) in [5.74, 6) is -0.312. The van der Waals surface area contributed by atoms with Crippen LogP contribution in [-0.2, 0) is 0 Å². The molecular weight excluding hydrogens is 631 g/mol. The molecule has 3 atom stereocenters. The average Bonchev–Trinajstić information content (AvgIpc) is 3.18. The van der Waals surface area contributed by atoms with E-state index in [1.165, 1.54) is 71.7 Å². The van der Waals surface area contributed by atoms with Crippen molar-refractivity contribution in [1.82, 2.24) is 15.3 Å². The molecule has 6 aromatic carbocycles. The summed E-state index contributed by atoms with van der Waals surface area (Å²) in [6, 6.07) is 59.1. The van der Waals surface area contributed by atoms with Crippen molar-refractivity contribution in [3.8, 4) is 0 Å². The van der Waals surface area contributed by atoms with Gasteiger partial charge in [0.1, 0.15) is 0 Å². The molecular formula is C49H33N3. The summed E-state index contributed by atoms with van der Waals surface area (Å²) in [5.41, 5.74) is 15.6. The molecule has 13 rings (SSSR count). The Bertz CT molecular complexity index is 2680. The van der Waals surface area contributed by atoms with E-state index >= 15 is 0 Å². The summed E-state index contributed by atoms with van der Waals surface area (Å²) in [4.78, 5) is 11.8. The fraction of sp³-hybridized carbons (Fsp3) is 0.102. The third-order valence-electron chi connectivity index (χ3n) is 12.1. The van der Waals surface area contributed by atoms with E-state index in [0.29, 0.717) is 0 Å². The average molecular weight is 664 g/mol. The van der Waals surface area contributed by atoms with E-state index in [1.54, 1.807) is 0 Å². The zero-order valence-corrected chi connectivity index (χ0v) is 28.4. The van der Waals surface area contributed by atoms with Gasteiger partial charge in [-0.05, 0) is 73.5 Å². The fourth-order valence-corrected chi connectivity index (χ4v) is 9.90. The number of allylic oxidation sites excluding steroid dienone is 1. The Morgan fingerprint density at radius 1 is 0.423 bits per heavy atom. The molecule has 1 N–H and O–H groups in total. The van der Waals surface area contributed by atoms with E-state index < -0.39 is 0 Å². The molecule has 8 aromatic rings. The molecule has 0 amide bonds. The highest BCUT2D eigenvalue weighted by Crippen LogP contribution is 2.50. The van der Waals surface area contributed by atoms with Crippen molar-refractivity contribution in [2.75, 3.05) is 0 Å². The number of benzene rings is 6. The Hall–Kier alpha value is -6.32. The third kappa shape index (κ3) is 4.02. The lowest BCUT2D eigenvalue weighted by molar-refractivity contribution is 0.500. The zero-order valence-electron chi connectivity index (χ0n) is 28.4. The van der Waals surface area contributed by atoms with Gasteiger partial charge in [-0.1, -0.05) is 146 Å². The van der Waals surface area contributed by atoms with E-state index in [-0.39, 0.29) is 29.7 Å². The second-order valence-corrected chi connectivity index (χ2v) is 14.9. The molecule has 52 heavy (non-hydrogen) atoms. The smallest absolute Gasteiger partial charge is 0.0692 e. The minimum atomic E-state index is -0.199. The van der Waals surface area contributed by atoms with Crippen LogP contribution in [0.25, 0.3) is 27.6 Å². The quantitative estimate of drug-likeness (QED) is 0.175. The highest BCUT2D eigenvalue weighted by molar-refractivity contribution is 5.90. The predicted molar refractivity (Wildman–Crippen MR) is 209 cm³/mol. The monoisotopic (exact) mass is 663 g/mol. The van der Waals surface area contributed by atoms with E-state index in [2.05, 4.69) is 169 Å². The number of hydrogen-bond acceptors (Lipinski definition) is 3. The Morgan fingerprint density at radius 2 is 0.885 bits per heavy atom. The van der Waals surface area contributed by atoms with Crippen LogP contribution in [0.2, 0.25) is 0 Å². The molecule has 0 saturated carbocycles. The normalized spacial score (nSPS) is 21.5. The van der Waals surface area contributed by atoms with Gasteiger partial charge in [0.2, 0.25) is 0 Å². The number of hydrogen-bond donors (Lipinski definition) is 1. The molecule has 3 unspecified atom stereocenters. The van der Waals surface area contributed by atoms with Crippen molar-refractivity contribution in [3.63, 3.8) is 0 Å². The highest BCUT2D eigenvalue weighted by Gasteiger charge is 2.40. The minimum absolute atomic E-state index is 0.000387. The molecule has 16 bridgehead atoms. The van der Waals surface area contributed by atoms with E-state index in [9.17, 15) is 0 Å². The van der Waals surface area contributed by atoms with Crippen molar-refractivity contribution in [2.24, 2.45) is 0 Å². The Balaban J connectivity index is 1.37. The largest absolute Gasteiger partial charge is 0.380 e. The number of nitrogens with one attached hydrogen (secondary N) is 1. The fourth-order valence-electron chi connectivity index (χ4n) is 9.90. The SMILES string of the molecule is C1=C2NC(c3ccccc31)C1c3nc(cc4ccccc34)C3c4cccc(c4)C2c2cccc(c2)C(c2cccc3c2)c2cc3ccccc3c1n2. The number of nitrogens with zero attached hydrogens (tertiary/aromatic N) is 2. The van der Waals surface area contributed by atoms with Crippen molar-refractivity contribution in [3.05, 3.63) is 231 Å². The van der Waals surface area contributed by atoms with Crippen LogP contribution in [0.1, 0.15) is 97.0 Å². The molecule has 3 nitrogen and oxygen atoms in total. The molecule has 0 saturated heterocycles. The maximum Gasteiger partial charge on any atom is 0.0692 e. The number of pyridine rings is 2. The Kier molecular flexibility index (Phi) is 5.79. The lowest BCUT2D eigenvalue weighted by Gasteiger charge is -2.39. The standard InChI is InChI=1S/C49H33N3/c1-4-19-37-28(10-1)25-40-43-31-13-7-15-33(22-31)44-35-17-9-18-36(24-35)45(34-16-8-14-32(43)23-34)42-27-30-12-3-6-21-39(30)49(52-42)46(47(37)50-40)48-38-20-5-2-11-29(38)26-41(44)51-48/h1-27,43-47,50H. The summed E-state index contributed by atoms with van der Waals surface area (Å²) in [6.45, 7) is 0. The van der Waals surface area contributed by atoms with Crippen LogP contribution in [0.15, 0.2) is 163 Å². The second-order valence-electron chi connectivity index (χ2n) is 14.9. The van der Waals surface area contributed by atoms with Gasteiger partial charge in [0, 0.05) is 22.4 Å². The number of rotatable bonds is 0. The Morgan fingerprint density at radius 3 is 1.42 bits per heavy atom. The van der Waals surface area contributed by atoms with Gasteiger partial charge in [0.05, 0.1) is 46.6 Å². The second kappa shape index (κ2) is 10.6. The zero-order chi connectivity index (χ0) is 33.9. The molecule has 0 spiro atoms. The van der Waals surface area contributed by atoms with Crippen LogP contribution in [-0.4, -0.2) is 9.97 Å². The van der Waals surface area contributed by atoms with E-state index in [4.69, 9.17) is 9.97 Å². The first kappa shape index (κ1) is 28.4. The molecule has 244 valence electrons. The van der Waals surface area contributed by atoms with Crippen molar-refractivity contribution >= 4 is 27.6 Å². The van der Waals surface area contributed by atoms with Gasteiger partial charge in [-0.2, -0.15) is 0 Å². The van der Waals surface area contributed by atoms with Gasteiger partial charge in [0.15, 0.2) is 0 Å². The van der Waals surface area contributed by atoms with Crippen LogP contribution >= 0.6 is 0 Å². The lowest BCUT2D eigenvalue weighted by Crippen LogP contribution is -2.35. The van der Waals surface area contributed by atoms with Crippen LogP contribution in [0.5, 0.6) is 0 Å². The maximum absolute atomic E-state index is 5.88. The lowest BCUT2D eigenvalue weighted by atomic mass is 9.74. The first-order valence-corrected chi connectivity index (χ1v) is 18.4. The molecule has 5 aliphatic rings. The molecule has 2 aromatic heterocycles. The van der Waals surface area contributed by atoms with E-state index in [0.717, 1.165) is 22.8 Å². The molecule has 0 fully saturated rings. The van der Waals surface area contributed by atoms with Crippen molar-refractivity contribution in [2.45, 2.75) is 29.7 Å². The minimum Gasteiger partial charge on any atom is -0.380 e. The Labute approximate surface area is 302 Å². The van der Waals surface area contributed by atoms with Crippen LogP contribution < -0.4 is 5.32 Å². The summed E-state index contributed by atoms with van der Waals surface area (Å²) in [6.07, 6.45) is 2.40. The highest BCUT2D eigenvalue weighted by atomic mass is 15.0. The van der Waals surface area contributed by atoms with Crippen LogP contribution in [0.3, 0.4) is 0 Å². The van der Waals surface area contributed by atoms with Crippen molar-refractivity contribution in [1.29, 1.82) is 0 Å². The number of aromatic nitrogens is 2. The van der Waals surface area contributed by atoms with Gasteiger partial charge in [0.25, 0.3) is 0 Å². The third-order valence-corrected chi connectivity index (χ3v) is 12.1. The summed E-state index contributed by atoms with van der Waals surface area (Å²) in [7, 11) is 0. The molecule has 6 heterocycles. The summed E-state index contributed by atoms with van der Waals surface area (Å²) in [5, 5.41) is 8.99. The van der Waals surface area contributed by atoms with Gasteiger partial charge >= 0.3 is 0 Å². The number of fused-ring (bicyclic) bond motifs is 3. The first-order valence-electron chi connectivity index (χ1n) is 18.4. The van der Waals surface area contributed by atoms with Gasteiger partial charge < -0.3 is 5.32 Å². The van der Waals surface area contributed by atoms with Gasteiger partial charge in [-0.25, -0.2) is 0 Å². The van der Waals surface area contributed by atoms with Crippen LogP contribution in [0.4, 0.5) is 0 Å². The van der Waals surface area contributed by atoms with Crippen LogP contribution in [0, 0.1) is 0 Å². The first-order chi connectivity index (χ1) is 25.7. The van der Waals surface area contributed by atoms with Gasteiger partial charge in [-0.15, -0.1) is 0 Å². The molecule has 4 aliphatic heterocycles. The van der Waals surface area contributed by atoms with E-state index in [1.807, 2.05) is 0 Å². The summed E-state index contributed by atoms with van der Waals surface area (Å²) >= 11 is 0. The maximum atomic E-state index is 5.88. The summed E-state index contributed by atoms with van der Waals surface area (Å²) < 4.78 is 0. The predicted octanol–water partition coefficient (Wildman–Crippen LogP) is 10.7.